The van der Waals surface area contributed by atoms with Gasteiger partial charge in [0.25, 0.3) is 0 Å². The zero-order valence-corrected chi connectivity index (χ0v) is 8.98. The molecular formula is C11H19NO3. The number of aliphatic hydroxyl groups is 2. The number of hydrogen-bond acceptors (Lipinski definition) is 4. The molecule has 1 aromatic carbocycles. The van der Waals surface area contributed by atoms with Crippen molar-refractivity contribution in [2.45, 2.75) is 6.92 Å². The standard InChI is InChI=1S/C7H8O.C4H11NO2/c1-6-3-2-4-7(8)5-6;6-3-1-5-2-4-7/h2-5,8H,1H3;5-7H,1-4H2. The van der Waals surface area contributed by atoms with Crippen molar-refractivity contribution in [2.24, 2.45) is 0 Å². The van der Waals surface area contributed by atoms with Gasteiger partial charge in [-0.2, -0.15) is 0 Å². The minimum absolute atomic E-state index is 0.139. The summed E-state index contributed by atoms with van der Waals surface area (Å²) in [4.78, 5) is 0. The number of phenolic OH excluding ortho intramolecular Hbond substituents is 1. The first-order chi connectivity index (χ1) is 7.20. The van der Waals surface area contributed by atoms with Crippen molar-refractivity contribution in [2.75, 3.05) is 26.3 Å². The van der Waals surface area contributed by atoms with Crippen LogP contribution in [0.2, 0.25) is 0 Å². The number of hydrogen-bond donors (Lipinski definition) is 4. The summed E-state index contributed by atoms with van der Waals surface area (Å²) in [6, 6.07) is 7.15. The Morgan fingerprint density at radius 3 is 2.07 bits per heavy atom. The van der Waals surface area contributed by atoms with Crippen molar-refractivity contribution in [3.63, 3.8) is 0 Å². The third-order valence-corrected chi connectivity index (χ3v) is 1.58. The molecule has 0 radical (unpaired) electrons. The predicted molar refractivity (Wildman–Crippen MR) is 59.9 cm³/mol. The summed E-state index contributed by atoms with van der Waals surface area (Å²) in [5.74, 6) is 0.338. The number of aryl methyl sites for hydroxylation is 1. The maximum absolute atomic E-state index is 8.81. The molecule has 0 heterocycles. The number of rotatable bonds is 4. The first-order valence-corrected chi connectivity index (χ1v) is 4.88. The molecule has 0 unspecified atom stereocenters. The molecule has 0 spiro atoms. The first kappa shape index (κ1) is 13.9. The molecule has 0 bridgehead atoms. The molecule has 1 aromatic rings. The third kappa shape index (κ3) is 9.21. The van der Waals surface area contributed by atoms with E-state index in [1.807, 2.05) is 19.1 Å². The van der Waals surface area contributed by atoms with Crippen LogP contribution in [0, 0.1) is 6.92 Å². The van der Waals surface area contributed by atoms with Crippen LogP contribution in [0.5, 0.6) is 5.75 Å². The lowest BCUT2D eigenvalue weighted by Crippen LogP contribution is -2.21. The molecule has 1 rings (SSSR count). The number of aliphatic hydroxyl groups excluding tert-OH is 2. The lowest BCUT2D eigenvalue weighted by molar-refractivity contribution is 0.266. The molecule has 0 saturated heterocycles. The molecule has 0 aliphatic rings. The van der Waals surface area contributed by atoms with Gasteiger partial charge in [0, 0.05) is 13.1 Å². The van der Waals surface area contributed by atoms with Crippen LogP contribution in [-0.2, 0) is 0 Å². The van der Waals surface area contributed by atoms with E-state index in [1.165, 1.54) is 0 Å². The predicted octanol–water partition coefficient (Wildman–Crippen LogP) is 0.261. The van der Waals surface area contributed by atoms with E-state index in [4.69, 9.17) is 15.3 Å². The Balaban J connectivity index is 0.000000265. The van der Waals surface area contributed by atoms with Crippen LogP contribution < -0.4 is 5.32 Å². The second kappa shape index (κ2) is 9.45. The van der Waals surface area contributed by atoms with E-state index >= 15 is 0 Å². The molecule has 0 aromatic heterocycles. The summed E-state index contributed by atoms with van der Waals surface area (Å²) in [7, 11) is 0. The van der Waals surface area contributed by atoms with Crippen molar-refractivity contribution in [1.29, 1.82) is 0 Å². The summed E-state index contributed by atoms with van der Waals surface area (Å²) in [6.07, 6.45) is 0. The average Bonchev–Trinajstić information content (AvgIpc) is 2.19. The Kier molecular flexibility index (Phi) is 8.76. The van der Waals surface area contributed by atoms with Gasteiger partial charge in [-0.3, -0.25) is 0 Å². The molecule has 0 saturated carbocycles. The summed E-state index contributed by atoms with van der Waals surface area (Å²) in [5, 5.41) is 27.9. The Bertz CT molecular complexity index is 232. The molecule has 0 amide bonds. The molecule has 86 valence electrons. The smallest absolute Gasteiger partial charge is 0.115 e. The number of aromatic hydroxyl groups is 1. The van der Waals surface area contributed by atoms with Crippen LogP contribution >= 0.6 is 0 Å². The van der Waals surface area contributed by atoms with E-state index in [1.54, 1.807) is 12.1 Å². The van der Waals surface area contributed by atoms with E-state index in [2.05, 4.69) is 5.32 Å². The Morgan fingerprint density at radius 2 is 1.73 bits per heavy atom. The van der Waals surface area contributed by atoms with Gasteiger partial charge in [0.05, 0.1) is 13.2 Å². The lowest BCUT2D eigenvalue weighted by Gasteiger charge is -1.94. The van der Waals surface area contributed by atoms with Gasteiger partial charge in [0.2, 0.25) is 0 Å². The second-order valence-electron chi connectivity index (χ2n) is 3.04. The van der Waals surface area contributed by atoms with Crippen LogP contribution in [-0.4, -0.2) is 41.6 Å². The SMILES string of the molecule is Cc1cccc(O)c1.OCCNCCO. The van der Waals surface area contributed by atoms with Crippen LogP contribution in [0.15, 0.2) is 24.3 Å². The highest BCUT2D eigenvalue weighted by Gasteiger charge is 1.83. The molecule has 0 aliphatic heterocycles. The molecule has 4 heteroatoms. The minimum Gasteiger partial charge on any atom is -0.508 e. The molecule has 0 aliphatic carbocycles. The molecule has 4 N–H and O–H groups in total. The fourth-order valence-electron chi connectivity index (χ4n) is 0.911. The summed E-state index contributed by atoms with van der Waals surface area (Å²) in [6.45, 7) is 3.36. The van der Waals surface area contributed by atoms with E-state index in [9.17, 15) is 0 Å². The maximum Gasteiger partial charge on any atom is 0.115 e. The monoisotopic (exact) mass is 213 g/mol. The highest BCUT2D eigenvalue weighted by Crippen LogP contribution is 2.08. The molecular weight excluding hydrogens is 194 g/mol. The van der Waals surface area contributed by atoms with Crippen LogP contribution in [0.1, 0.15) is 5.56 Å². The Morgan fingerprint density at radius 1 is 1.13 bits per heavy atom. The Hall–Kier alpha value is -1.10. The summed E-state index contributed by atoms with van der Waals surface area (Å²) in [5.41, 5.74) is 1.09. The molecule has 4 nitrogen and oxygen atoms in total. The van der Waals surface area contributed by atoms with Gasteiger partial charge < -0.3 is 20.6 Å². The van der Waals surface area contributed by atoms with Gasteiger partial charge in [0.15, 0.2) is 0 Å². The maximum atomic E-state index is 8.81. The minimum atomic E-state index is 0.139. The summed E-state index contributed by atoms with van der Waals surface area (Å²) < 4.78 is 0. The Labute approximate surface area is 90.2 Å². The van der Waals surface area contributed by atoms with Crippen LogP contribution in [0.3, 0.4) is 0 Å². The van der Waals surface area contributed by atoms with Gasteiger partial charge in [-0.1, -0.05) is 12.1 Å². The first-order valence-electron chi connectivity index (χ1n) is 4.88. The van der Waals surface area contributed by atoms with Gasteiger partial charge >= 0.3 is 0 Å². The van der Waals surface area contributed by atoms with Crippen LogP contribution in [0.25, 0.3) is 0 Å². The molecule has 0 atom stereocenters. The van der Waals surface area contributed by atoms with Crippen molar-refractivity contribution in [3.05, 3.63) is 29.8 Å². The van der Waals surface area contributed by atoms with Crippen molar-refractivity contribution in [1.82, 2.24) is 5.32 Å². The van der Waals surface area contributed by atoms with Gasteiger partial charge in [0.1, 0.15) is 5.75 Å². The second-order valence-corrected chi connectivity index (χ2v) is 3.04. The van der Waals surface area contributed by atoms with Gasteiger partial charge in [-0.15, -0.1) is 0 Å². The summed E-state index contributed by atoms with van der Waals surface area (Å²) >= 11 is 0. The van der Waals surface area contributed by atoms with E-state index < -0.39 is 0 Å². The number of nitrogens with one attached hydrogen (secondary N) is 1. The van der Waals surface area contributed by atoms with Crippen molar-refractivity contribution in [3.8, 4) is 5.75 Å². The fourth-order valence-corrected chi connectivity index (χ4v) is 0.911. The van der Waals surface area contributed by atoms with E-state index in [-0.39, 0.29) is 13.2 Å². The largest absolute Gasteiger partial charge is 0.508 e. The fraction of sp³-hybridized carbons (Fsp3) is 0.455. The van der Waals surface area contributed by atoms with Gasteiger partial charge in [-0.05, 0) is 24.6 Å². The normalized spacial score (nSPS) is 9.27. The quantitative estimate of drug-likeness (QED) is 0.541. The number of phenols is 1. The average molecular weight is 213 g/mol. The zero-order chi connectivity index (χ0) is 11.5. The zero-order valence-electron chi connectivity index (χ0n) is 8.98. The number of benzene rings is 1. The molecule has 15 heavy (non-hydrogen) atoms. The highest BCUT2D eigenvalue weighted by atomic mass is 16.3. The van der Waals surface area contributed by atoms with Crippen molar-refractivity contribution < 1.29 is 15.3 Å². The van der Waals surface area contributed by atoms with E-state index in [0.29, 0.717) is 18.8 Å². The third-order valence-electron chi connectivity index (χ3n) is 1.58. The van der Waals surface area contributed by atoms with Crippen LogP contribution in [0.4, 0.5) is 0 Å². The van der Waals surface area contributed by atoms with Gasteiger partial charge in [-0.25, -0.2) is 0 Å². The van der Waals surface area contributed by atoms with E-state index in [0.717, 1.165) is 5.56 Å². The lowest BCUT2D eigenvalue weighted by atomic mass is 10.2. The molecule has 0 fully saturated rings. The van der Waals surface area contributed by atoms with Crippen molar-refractivity contribution >= 4 is 0 Å². The topological polar surface area (TPSA) is 72.7 Å². The highest BCUT2D eigenvalue weighted by molar-refractivity contribution is 5.25.